The van der Waals surface area contributed by atoms with Crippen LogP contribution in [0.1, 0.15) is 38.1 Å². The average molecular weight is 255 g/mol. The summed E-state index contributed by atoms with van der Waals surface area (Å²) in [6.07, 6.45) is 2.93. The fourth-order valence-electron chi connectivity index (χ4n) is 0.926. The minimum absolute atomic E-state index is 0.287. The lowest BCUT2D eigenvalue weighted by atomic mass is 10.2. The van der Waals surface area contributed by atoms with Crippen LogP contribution in [0.25, 0.3) is 12.2 Å². The van der Waals surface area contributed by atoms with Crippen LogP contribution in [0.5, 0.6) is 0 Å². The van der Waals surface area contributed by atoms with E-state index in [1.807, 2.05) is 27.7 Å². The highest BCUT2D eigenvalue weighted by atomic mass is 32.1. The Morgan fingerprint density at radius 2 is 1.53 bits per heavy atom. The summed E-state index contributed by atoms with van der Waals surface area (Å²) >= 11 is 0.987. The van der Waals surface area contributed by atoms with Crippen molar-refractivity contribution < 1.29 is 0 Å². The molecule has 0 aliphatic heterocycles. The first-order valence-electron chi connectivity index (χ1n) is 5.60. The third-order valence-corrected chi connectivity index (χ3v) is 2.72. The van der Waals surface area contributed by atoms with Gasteiger partial charge in [-0.2, -0.15) is 0 Å². The standard InChI is InChI=1S/C9H9NO2S.2C2H6/c1-4-6-7(5-2)13-9(12)10(3)8(6)11;2*1-2/h4-5H,1-2H2,3H3;2*1-2H3. The van der Waals surface area contributed by atoms with E-state index in [0.717, 1.165) is 15.9 Å². The third-order valence-electron chi connectivity index (χ3n) is 1.66. The number of hydrogen-bond donors (Lipinski definition) is 0. The van der Waals surface area contributed by atoms with Gasteiger partial charge in [0.25, 0.3) is 5.56 Å². The third kappa shape index (κ3) is 4.53. The summed E-state index contributed by atoms with van der Waals surface area (Å²) in [7, 11) is 1.45. The zero-order chi connectivity index (χ0) is 14.0. The first-order valence-corrected chi connectivity index (χ1v) is 6.42. The van der Waals surface area contributed by atoms with Gasteiger partial charge in [0.15, 0.2) is 0 Å². The van der Waals surface area contributed by atoms with Crippen LogP contribution < -0.4 is 10.4 Å². The molecule has 0 saturated carbocycles. The molecule has 0 aliphatic carbocycles. The van der Waals surface area contributed by atoms with Gasteiger partial charge in [-0.25, -0.2) is 0 Å². The quantitative estimate of drug-likeness (QED) is 0.814. The normalized spacial score (nSPS) is 8.06. The van der Waals surface area contributed by atoms with Crippen molar-refractivity contribution >= 4 is 23.5 Å². The van der Waals surface area contributed by atoms with Crippen molar-refractivity contribution in [3.8, 4) is 0 Å². The van der Waals surface area contributed by atoms with Gasteiger partial charge >= 0.3 is 4.87 Å². The van der Waals surface area contributed by atoms with Crippen molar-refractivity contribution in [1.82, 2.24) is 4.57 Å². The van der Waals surface area contributed by atoms with Crippen LogP contribution in [0.3, 0.4) is 0 Å². The smallest absolute Gasteiger partial charge is 0.269 e. The Morgan fingerprint density at radius 1 is 1.06 bits per heavy atom. The highest BCUT2D eigenvalue weighted by Gasteiger charge is 2.06. The van der Waals surface area contributed by atoms with Gasteiger partial charge in [-0.1, -0.05) is 64.3 Å². The van der Waals surface area contributed by atoms with Gasteiger partial charge in [0.05, 0.1) is 5.56 Å². The molecule has 4 heteroatoms. The van der Waals surface area contributed by atoms with Crippen molar-refractivity contribution in [3.05, 3.63) is 43.6 Å². The van der Waals surface area contributed by atoms with Gasteiger partial charge < -0.3 is 0 Å². The van der Waals surface area contributed by atoms with Crippen molar-refractivity contribution in [1.29, 1.82) is 0 Å². The predicted octanol–water partition coefficient (Wildman–Crippen LogP) is 3.15. The minimum atomic E-state index is -0.325. The first-order chi connectivity index (χ1) is 8.11. The van der Waals surface area contributed by atoms with E-state index >= 15 is 0 Å². The monoisotopic (exact) mass is 255 g/mol. The molecule has 96 valence electrons. The van der Waals surface area contributed by atoms with Crippen molar-refractivity contribution in [2.24, 2.45) is 7.05 Å². The minimum Gasteiger partial charge on any atom is -0.269 e. The number of aromatic nitrogens is 1. The molecular weight excluding hydrogens is 234 g/mol. The fraction of sp³-hybridized carbons (Fsp3) is 0.385. The molecule has 0 aromatic carbocycles. The molecule has 1 aromatic rings. The molecule has 0 fully saturated rings. The zero-order valence-corrected chi connectivity index (χ0v) is 12.1. The summed E-state index contributed by atoms with van der Waals surface area (Å²) in [5.41, 5.74) is 0.107. The largest absolute Gasteiger partial charge is 0.310 e. The molecule has 1 heterocycles. The van der Waals surface area contributed by atoms with Gasteiger partial charge in [0.1, 0.15) is 0 Å². The summed E-state index contributed by atoms with van der Waals surface area (Å²) in [6.45, 7) is 15.0. The van der Waals surface area contributed by atoms with Crippen molar-refractivity contribution in [2.45, 2.75) is 27.7 Å². The molecule has 0 atom stereocenters. The van der Waals surface area contributed by atoms with Crippen LogP contribution in [-0.4, -0.2) is 4.57 Å². The number of nitrogens with zero attached hydrogens (tertiary/aromatic N) is 1. The highest BCUT2D eigenvalue weighted by Crippen LogP contribution is 2.08. The van der Waals surface area contributed by atoms with E-state index in [2.05, 4.69) is 13.2 Å². The lowest BCUT2D eigenvalue weighted by Gasteiger charge is -2.00. The Hall–Kier alpha value is -1.42. The SMILES string of the molecule is C=Cc1sc(=O)n(C)c(=O)c1C=C.CC.CC. The number of hydrogen-bond acceptors (Lipinski definition) is 3. The maximum Gasteiger partial charge on any atom is 0.310 e. The summed E-state index contributed by atoms with van der Waals surface area (Å²) < 4.78 is 1.06. The Morgan fingerprint density at radius 3 is 1.88 bits per heavy atom. The molecule has 0 amide bonds. The Labute approximate surface area is 107 Å². The topological polar surface area (TPSA) is 39.1 Å². The van der Waals surface area contributed by atoms with Crippen molar-refractivity contribution in [3.63, 3.8) is 0 Å². The molecule has 0 unspecified atom stereocenters. The highest BCUT2D eigenvalue weighted by molar-refractivity contribution is 7.10. The van der Waals surface area contributed by atoms with E-state index in [0.29, 0.717) is 10.4 Å². The molecule has 1 aromatic heterocycles. The second kappa shape index (κ2) is 9.78. The van der Waals surface area contributed by atoms with E-state index in [9.17, 15) is 9.59 Å². The molecule has 0 saturated heterocycles. The summed E-state index contributed by atoms with van der Waals surface area (Å²) in [5.74, 6) is 0. The summed E-state index contributed by atoms with van der Waals surface area (Å²) in [5, 5.41) is 0. The lowest BCUT2D eigenvalue weighted by Crippen LogP contribution is -2.30. The fourth-order valence-corrected chi connectivity index (χ4v) is 1.70. The molecule has 3 nitrogen and oxygen atoms in total. The lowest BCUT2D eigenvalue weighted by molar-refractivity contribution is 0.840. The van der Waals surface area contributed by atoms with Crippen LogP contribution in [-0.2, 0) is 7.05 Å². The van der Waals surface area contributed by atoms with Gasteiger partial charge in [-0.15, -0.1) is 0 Å². The Bertz CT molecular complexity index is 469. The van der Waals surface area contributed by atoms with Crippen LogP contribution in [0, 0.1) is 0 Å². The Kier molecular flexibility index (Phi) is 10.3. The molecule has 1 rings (SSSR count). The van der Waals surface area contributed by atoms with E-state index in [-0.39, 0.29) is 10.4 Å². The second-order valence-corrected chi connectivity index (χ2v) is 3.41. The second-order valence-electron chi connectivity index (χ2n) is 2.42. The first kappa shape index (κ1) is 18.0. The molecule has 0 radical (unpaired) electrons. The van der Waals surface area contributed by atoms with Gasteiger partial charge in [-0.3, -0.25) is 14.2 Å². The van der Waals surface area contributed by atoms with Crippen LogP contribution in [0.4, 0.5) is 0 Å². The molecular formula is C13H21NO2S. The van der Waals surface area contributed by atoms with Crippen LogP contribution >= 0.6 is 11.3 Å². The van der Waals surface area contributed by atoms with E-state index in [1.54, 1.807) is 0 Å². The van der Waals surface area contributed by atoms with Crippen LogP contribution in [0.2, 0.25) is 0 Å². The Balaban J connectivity index is 0. The average Bonchev–Trinajstić information content (AvgIpc) is 2.40. The summed E-state index contributed by atoms with van der Waals surface area (Å²) in [4.78, 5) is 22.9. The molecule has 0 bridgehead atoms. The van der Waals surface area contributed by atoms with E-state index in [1.165, 1.54) is 19.2 Å². The van der Waals surface area contributed by atoms with Crippen LogP contribution in [0.15, 0.2) is 22.7 Å². The maximum absolute atomic E-state index is 11.5. The van der Waals surface area contributed by atoms with Gasteiger partial charge in [0, 0.05) is 11.9 Å². The van der Waals surface area contributed by atoms with Crippen molar-refractivity contribution in [2.75, 3.05) is 0 Å². The number of rotatable bonds is 2. The van der Waals surface area contributed by atoms with Gasteiger partial charge in [-0.05, 0) is 0 Å². The maximum atomic E-state index is 11.5. The van der Waals surface area contributed by atoms with Gasteiger partial charge in [0.2, 0.25) is 0 Å². The van der Waals surface area contributed by atoms with E-state index in [4.69, 9.17) is 0 Å². The molecule has 0 N–H and O–H groups in total. The molecule has 0 spiro atoms. The van der Waals surface area contributed by atoms with E-state index < -0.39 is 0 Å². The molecule has 17 heavy (non-hydrogen) atoms. The zero-order valence-electron chi connectivity index (χ0n) is 11.2. The molecule has 0 aliphatic rings. The summed E-state index contributed by atoms with van der Waals surface area (Å²) in [6, 6.07) is 0. The predicted molar refractivity (Wildman–Crippen MR) is 78.7 cm³/mol.